The van der Waals surface area contributed by atoms with E-state index in [1.165, 1.54) is 12.1 Å². The number of piperazine rings is 1. The van der Waals surface area contributed by atoms with Gasteiger partial charge in [0, 0.05) is 25.3 Å². The van der Waals surface area contributed by atoms with E-state index in [0.29, 0.717) is 6.42 Å². The number of halogens is 1. The third-order valence-electron chi connectivity index (χ3n) is 2.84. The molecule has 1 aromatic rings. The minimum absolute atomic E-state index is 0.184. The van der Waals surface area contributed by atoms with Crippen molar-refractivity contribution in [2.24, 2.45) is 0 Å². The molecule has 1 unspecified atom stereocenters. The second kappa shape index (κ2) is 4.95. The van der Waals surface area contributed by atoms with Gasteiger partial charge in [0.1, 0.15) is 5.82 Å². The van der Waals surface area contributed by atoms with Gasteiger partial charge in [-0.1, -0.05) is 0 Å². The van der Waals surface area contributed by atoms with Crippen LogP contribution in [0.15, 0.2) is 24.3 Å². The molecule has 0 aliphatic carbocycles. The predicted molar refractivity (Wildman–Crippen MR) is 60.6 cm³/mol. The molecule has 4 heteroatoms. The standard InChI is InChI=1S/C12H14FN3/c13-10-1-3-11(4-2-10)16-8-7-15-9-12(16)5-6-14/h1-4,12,15H,5,7-9H2. The van der Waals surface area contributed by atoms with Crippen LogP contribution in [0.4, 0.5) is 10.1 Å². The summed E-state index contributed by atoms with van der Waals surface area (Å²) in [4.78, 5) is 2.17. The average Bonchev–Trinajstić information content (AvgIpc) is 2.32. The highest BCUT2D eigenvalue weighted by Crippen LogP contribution is 2.20. The zero-order valence-electron chi connectivity index (χ0n) is 8.99. The van der Waals surface area contributed by atoms with Gasteiger partial charge in [-0.25, -0.2) is 4.39 Å². The number of rotatable bonds is 2. The summed E-state index contributed by atoms with van der Waals surface area (Å²) >= 11 is 0. The SMILES string of the molecule is N#CCC1CNCCN1c1ccc(F)cc1. The minimum atomic E-state index is -0.226. The Morgan fingerprint density at radius 1 is 1.44 bits per heavy atom. The van der Waals surface area contributed by atoms with Crippen molar-refractivity contribution >= 4 is 5.69 Å². The Morgan fingerprint density at radius 2 is 2.19 bits per heavy atom. The van der Waals surface area contributed by atoms with Crippen LogP contribution in [0.1, 0.15) is 6.42 Å². The summed E-state index contributed by atoms with van der Waals surface area (Å²) in [7, 11) is 0. The van der Waals surface area contributed by atoms with Gasteiger partial charge in [0.15, 0.2) is 0 Å². The molecule has 1 N–H and O–H groups in total. The maximum Gasteiger partial charge on any atom is 0.123 e. The lowest BCUT2D eigenvalue weighted by molar-refractivity contribution is 0.480. The van der Waals surface area contributed by atoms with Crippen LogP contribution in [0.25, 0.3) is 0 Å². The molecule has 0 aromatic heterocycles. The highest BCUT2D eigenvalue weighted by molar-refractivity contribution is 5.48. The van der Waals surface area contributed by atoms with Crippen LogP contribution in [0, 0.1) is 17.1 Å². The lowest BCUT2D eigenvalue weighted by atomic mass is 10.1. The number of hydrogen-bond acceptors (Lipinski definition) is 3. The van der Waals surface area contributed by atoms with Crippen LogP contribution < -0.4 is 10.2 Å². The minimum Gasteiger partial charge on any atom is -0.365 e. The van der Waals surface area contributed by atoms with E-state index in [0.717, 1.165) is 25.3 Å². The molecule has 0 bridgehead atoms. The fraction of sp³-hybridized carbons (Fsp3) is 0.417. The Kier molecular flexibility index (Phi) is 3.37. The first kappa shape index (κ1) is 10.9. The van der Waals surface area contributed by atoms with Crippen molar-refractivity contribution in [3.63, 3.8) is 0 Å². The van der Waals surface area contributed by atoms with Gasteiger partial charge in [-0.15, -0.1) is 0 Å². The molecule has 1 saturated heterocycles. The molecule has 1 aliphatic rings. The van der Waals surface area contributed by atoms with Crippen molar-refractivity contribution in [1.82, 2.24) is 5.32 Å². The molecule has 84 valence electrons. The molecule has 0 saturated carbocycles. The van der Waals surface area contributed by atoms with Crippen LogP contribution in [-0.4, -0.2) is 25.7 Å². The first-order valence-corrected chi connectivity index (χ1v) is 5.41. The van der Waals surface area contributed by atoms with Gasteiger partial charge >= 0.3 is 0 Å². The van der Waals surface area contributed by atoms with E-state index >= 15 is 0 Å². The molecule has 3 nitrogen and oxygen atoms in total. The summed E-state index contributed by atoms with van der Waals surface area (Å²) in [5, 5.41) is 12.0. The Hall–Kier alpha value is -1.60. The third kappa shape index (κ3) is 2.31. The number of benzene rings is 1. The number of nitrogens with zero attached hydrogens (tertiary/aromatic N) is 2. The highest BCUT2D eigenvalue weighted by Gasteiger charge is 2.21. The summed E-state index contributed by atoms with van der Waals surface area (Å²) in [6.45, 7) is 2.57. The van der Waals surface area contributed by atoms with E-state index in [1.807, 2.05) is 0 Å². The fourth-order valence-electron chi connectivity index (χ4n) is 2.02. The summed E-state index contributed by atoms with van der Waals surface area (Å²) in [6, 6.07) is 8.83. The summed E-state index contributed by atoms with van der Waals surface area (Å²) in [5.74, 6) is -0.226. The van der Waals surface area contributed by atoms with E-state index < -0.39 is 0 Å². The van der Waals surface area contributed by atoms with Gasteiger partial charge in [-0.2, -0.15) is 5.26 Å². The number of nitrogens with one attached hydrogen (secondary N) is 1. The molecule has 1 heterocycles. The van der Waals surface area contributed by atoms with Gasteiger partial charge in [0.05, 0.1) is 18.5 Å². The van der Waals surface area contributed by atoms with Gasteiger partial charge in [0.25, 0.3) is 0 Å². The maximum atomic E-state index is 12.8. The fourth-order valence-corrected chi connectivity index (χ4v) is 2.02. The Labute approximate surface area is 94.5 Å². The summed E-state index contributed by atoms with van der Waals surface area (Å²) in [5.41, 5.74) is 0.989. The normalized spacial score (nSPS) is 20.5. The molecule has 0 radical (unpaired) electrons. The van der Waals surface area contributed by atoms with Crippen molar-refractivity contribution in [1.29, 1.82) is 5.26 Å². The topological polar surface area (TPSA) is 39.1 Å². The van der Waals surface area contributed by atoms with Gasteiger partial charge in [0.2, 0.25) is 0 Å². The van der Waals surface area contributed by atoms with Crippen LogP contribution in [0.2, 0.25) is 0 Å². The highest BCUT2D eigenvalue weighted by atomic mass is 19.1. The number of hydrogen-bond donors (Lipinski definition) is 1. The average molecular weight is 219 g/mol. The molecule has 16 heavy (non-hydrogen) atoms. The second-order valence-electron chi connectivity index (χ2n) is 3.89. The quantitative estimate of drug-likeness (QED) is 0.819. The first-order valence-electron chi connectivity index (χ1n) is 5.41. The van der Waals surface area contributed by atoms with E-state index in [9.17, 15) is 4.39 Å². The molecule has 1 fully saturated rings. The van der Waals surface area contributed by atoms with Crippen molar-refractivity contribution in [2.45, 2.75) is 12.5 Å². The van der Waals surface area contributed by atoms with Crippen molar-refractivity contribution in [3.05, 3.63) is 30.1 Å². The predicted octanol–water partition coefficient (Wildman–Crippen LogP) is 1.52. The van der Waals surface area contributed by atoms with E-state index in [1.54, 1.807) is 12.1 Å². The third-order valence-corrected chi connectivity index (χ3v) is 2.84. The lowest BCUT2D eigenvalue weighted by Crippen LogP contribution is -2.51. The monoisotopic (exact) mass is 219 g/mol. The molecular weight excluding hydrogens is 205 g/mol. The van der Waals surface area contributed by atoms with Crippen molar-refractivity contribution in [3.8, 4) is 6.07 Å². The van der Waals surface area contributed by atoms with E-state index in [4.69, 9.17) is 5.26 Å². The van der Waals surface area contributed by atoms with Gasteiger partial charge < -0.3 is 10.2 Å². The zero-order chi connectivity index (χ0) is 11.4. The zero-order valence-corrected chi connectivity index (χ0v) is 8.99. The van der Waals surface area contributed by atoms with Crippen molar-refractivity contribution < 1.29 is 4.39 Å². The molecule has 1 atom stereocenters. The smallest absolute Gasteiger partial charge is 0.123 e. The lowest BCUT2D eigenvalue weighted by Gasteiger charge is -2.36. The molecule has 0 amide bonds. The number of nitriles is 1. The van der Waals surface area contributed by atoms with Crippen molar-refractivity contribution in [2.75, 3.05) is 24.5 Å². The van der Waals surface area contributed by atoms with Crippen LogP contribution in [0.5, 0.6) is 0 Å². The second-order valence-corrected chi connectivity index (χ2v) is 3.89. The summed E-state index contributed by atoms with van der Waals surface area (Å²) < 4.78 is 12.8. The van der Waals surface area contributed by atoms with Crippen LogP contribution >= 0.6 is 0 Å². The molecule has 1 aromatic carbocycles. The molecule has 1 aliphatic heterocycles. The first-order chi connectivity index (χ1) is 7.81. The Morgan fingerprint density at radius 3 is 2.88 bits per heavy atom. The van der Waals surface area contributed by atoms with Crippen LogP contribution in [0.3, 0.4) is 0 Å². The largest absolute Gasteiger partial charge is 0.365 e. The Bertz CT molecular complexity index is 382. The molecular formula is C12H14FN3. The van der Waals surface area contributed by atoms with Gasteiger partial charge in [-0.3, -0.25) is 0 Å². The van der Waals surface area contributed by atoms with Crippen LogP contribution in [-0.2, 0) is 0 Å². The maximum absolute atomic E-state index is 12.8. The molecule has 2 rings (SSSR count). The Balaban J connectivity index is 2.16. The molecule has 0 spiro atoms. The number of anilines is 1. The summed E-state index contributed by atoms with van der Waals surface area (Å²) in [6.07, 6.45) is 0.490. The van der Waals surface area contributed by atoms with E-state index in [2.05, 4.69) is 16.3 Å². The van der Waals surface area contributed by atoms with Gasteiger partial charge in [-0.05, 0) is 24.3 Å². The van der Waals surface area contributed by atoms with E-state index in [-0.39, 0.29) is 11.9 Å².